The molecular weight excluding hydrogens is 346 g/mol. The maximum absolute atomic E-state index is 12.1. The average Bonchev–Trinajstić information content (AvgIpc) is 3.18. The zero-order chi connectivity index (χ0) is 17.0. The summed E-state index contributed by atoms with van der Waals surface area (Å²) in [6, 6.07) is 8.02. The number of carbonyl (C=O) groups excluding carboxylic acids is 2. The molecule has 1 atom stereocenters. The molecule has 1 aromatic carbocycles. The van der Waals surface area contributed by atoms with Crippen molar-refractivity contribution in [3.05, 3.63) is 24.3 Å². The van der Waals surface area contributed by atoms with Crippen molar-refractivity contribution in [3.8, 4) is 0 Å². The molecule has 0 saturated carbocycles. The predicted octanol–water partition coefficient (Wildman–Crippen LogP) is 1.93. The lowest BCUT2D eigenvalue weighted by Gasteiger charge is -2.24. The van der Waals surface area contributed by atoms with Gasteiger partial charge < -0.3 is 15.8 Å². The first-order valence-corrected chi connectivity index (χ1v) is 9.56. The van der Waals surface area contributed by atoms with Crippen molar-refractivity contribution < 1.29 is 14.3 Å². The number of carbonyl (C=O) groups is 2. The molecule has 1 fully saturated rings. The van der Waals surface area contributed by atoms with Crippen LogP contribution < -0.4 is 11.1 Å². The number of fused-ring (bicyclic) bond motifs is 1. The van der Waals surface area contributed by atoms with Crippen molar-refractivity contribution in [2.75, 3.05) is 19.0 Å². The minimum atomic E-state index is -1.03. The molecule has 0 spiro atoms. The van der Waals surface area contributed by atoms with Crippen LogP contribution in [0.15, 0.2) is 28.6 Å². The summed E-state index contributed by atoms with van der Waals surface area (Å²) in [5.74, 6) is 0.106. The fourth-order valence-corrected chi connectivity index (χ4v) is 4.63. The Labute approximate surface area is 148 Å². The van der Waals surface area contributed by atoms with Gasteiger partial charge in [0.15, 0.2) is 4.34 Å². The molecule has 1 aliphatic heterocycles. The predicted molar refractivity (Wildman–Crippen MR) is 95.1 cm³/mol. The summed E-state index contributed by atoms with van der Waals surface area (Å²) in [7, 11) is 0. The Balaban J connectivity index is 1.44. The van der Waals surface area contributed by atoms with E-state index in [0.29, 0.717) is 25.9 Å². The molecule has 2 aromatic rings. The number of hydrogen-bond donors (Lipinski definition) is 2. The van der Waals surface area contributed by atoms with E-state index in [0.717, 1.165) is 15.6 Å². The third-order valence-corrected chi connectivity index (χ3v) is 6.19. The second kappa shape index (κ2) is 7.50. The molecule has 1 saturated heterocycles. The Bertz CT molecular complexity index is 708. The summed E-state index contributed by atoms with van der Waals surface area (Å²) < 4.78 is 7.39. The van der Waals surface area contributed by atoms with E-state index in [1.54, 1.807) is 23.1 Å². The molecule has 3 rings (SSSR count). The van der Waals surface area contributed by atoms with Crippen molar-refractivity contribution in [2.45, 2.75) is 29.1 Å². The van der Waals surface area contributed by atoms with Crippen LogP contribution in [0, 0.1) is 0 Å². The number of aromatic nitrogens is 1. The second-order valence-corrected chi connectivity index (χ2v) is 8.07. The van der Waals surface area contributed by atoms with Gasteiger partial charge in [0.05, 0.1) is 16.8 Å². The number of nitrogens with zero attached hydrogens (tertiary/aromatic N) is 1. The Morgan fingerprint density at radius 1 is 1.42 bits per heavy atom. The maximum Gasteiger partial charge on any atom is 0.245 e. The molecular formula is C16H19N3O3S2. The molecule has 24 heavy (non-hydrogen) atoms. The smallest absolute Gasteiger partial charge is 0.245 e. The Morgan fingerprint density at radius 2 is 2.25 bits per heavy atom. The average molecular weight is 365 g/mol. The highest BCUT2D eigenvalue weighted by atomic mass is 32.2. The monoisotopic (exact) mass is 365 g/mol. The lowest BCUT2D eigenvalue weighted by Crippen LogP contribution is -2.58. The van der Waals surface area contributed by atoms with Crippen LogP contribution in [0.3, 0.4) is 0 Å². The summed E-state index contributed by atoms with van der Waals surface area (Å²) in [6.45, 7) is 0.602. The van der Waals surface area contributed by atoms with Crippen LogP contribution in [0.25, 0.3) is 10.2 Å². The lowest BCUT2D eigenvalue weighted by atomic mass is 9.97. The zero-order valence-corrected chi connectivity index (χ0v) is 14.8. The van der Waals surface area contributed by atoms with Gasteiger partial charge in [0.1, 0.15) is 5.54 Å². The number of para-hydroxylation sites is 1. The van der Waals surface area contributed by atoms with Crippen LogP contribution in [0.2, 0.25) is 0 Å². The molecule has 1 aliphatic rings. The molecule has 3 N–H and O–H groups in total. The first-order valence-electron chi connectivity index (χ1n) is 7.76. The number of rotatable bonds is 7. The number of nitrogens with one attached hydrogen (secondary N) is 1. The van der Waals surface area contributed by atoms with Gasteiger partial charge in [0.25, 0.3) is 0 Å². The largest absolute Gasteiger partial charge is 0.378 e. The number of nitrogens with two attached hydrogens (primary N) is 1. The summed E-state index contributed by atoms with van der Waals surface area (Å²) in [5.41, 5.74) is 5.38. The molecule has 1 unspecified atom stereocenters. The molecule has 2 amide bonds. The molecule has 128 valence electrons. The van der Waals surface area contributed by atoms with Crippen LogP contribution in [0.5, 0.6) is 0 Å². The summed E-state index contributed by atoms with van der Waals surface area (Å²) in [5, 5.41) is 2.75. The molecule has 1 aromatic heterocycles. The van der Waals surface area contributed by atoms with Gasteiger partial charge in [-0.05, 0) is 18.6 Å². The Kier molecular flexibility index (Phi) is 5.37. The van der Waals surface area contributed by atoms with Crippen molar-refractivity contribution in [3.63, 3.8) is 0 Å². The van der Waals surface area contributed by atoms with Crippen molar-refractivity contribution >= 4 is 45.1 Å². The first-order chi connectivity index (χ1) is 11.6. The van der Waals surface area contributed by atoms with Gasteiger partial charge in [-0.1, -0.05) is 23.9 Å². The molecule has 0 bridgehead atoms. The van der Waals surface area contributed by atoms with Crippen molar-refractivity contribution in [2.24, 2.45) is 5.73 Å². The topological polar surface area (TPSA) is 94.3 Å². The molecule has 0 aliphatic carbocycles. The number of amides is 2. The SMILES string of the molecule is NC(=O)C1(NC(=O)CCCSc2nc3ccccc3s2)CCOC1. The third kappa shape index (κ3) is 3.88. The highest BCUT2D eigenvalue weighted by Crippen LogP contribution is 2.29. The van der Waals surface area contributed by atoms with Gasteiger partial charge in [0.2, 0.25) is 11.8 Å². The summed E-state index contributed by atoms with van der Waals surface area (Å²) in [6.07, 6.45) is 1.50. The van der Waals surface area contributed by atoms with E-state index in [4.69, 9.17) is 10.5 Å². The van der Waals surface area contributed by atoms with E-state index in [1.807, 2.05) is 18.2 Å². The number of thiazole rings is 1. The quantitative estimate of drug-likeness (QED) is 0.577. The van der Waals surface area contributed by atoms with E-state index in [-0.39, 0.29) is 12.5 Å². The Morgan fingerprint density at radius 3 is 2.96 bits per heavy atom. The minimum absolute atomic E-state index is 0.161. The Hall–Kier alpha value is -1.64. The fourth-order valence-electron chi connectivity index (χ4n) is 2.55. The van der Waals surface area contributed by atoms with E-state index in [9.17, 15) is 9.59 Å². The fraction of sp³-hybridized carbons (Fsp3) is 0.438. The second-order valence-electron chi connectivity index (χ2n) is 5.70. The van der Waals surface area contributed by atoms with Gasteiger partial charge in [-0.15, -0.1) is 11.3 Å². The number of hydrogen-bond acceptors (Lipinski definition) is 6. The number of benzene rings is 1. The molecule has 8 heteroatoms. The van der Waals surface area contributed by atoms with Crippen LogP contribution >= 0.6 is 23.1 Å². The van der Waals surface area contributed by atoms with E-state index >= 15 is 0 Å². The van der Waals surface area contributed by atoms with Crippen molar-refractivity contribution in [1.29, 1.82) is 0 Å². The highest BCUT2D eigenvalue weighted by molar-refractivity contribution is 8.01. The molecule has 6 nitrogen and oxygen atoms in total. The maximum atomic E-state index is 12.1. The number of thioether (sulfide) groups is 1. The van der Waals surface area contributed by atoms with Crippen molar-refractivity contribution in [1.82, 2.24) is 10.3 Å². The lowest BCUT2D eigenvalue weighted by molar-refractivity contribution is -0.131. The third-order valence-electron chi connectivity index (χ3n) is 3.92. The van der Waals surface area contributed by atoms with Crippen LogP contribution in [0.1, 0.15) is 19.3 Å². The van der Waals surface area contributed by atoms with Gasteiger partial charge in [-0.25, -0.2) is 4.98 Å². The van der Waals surface area contributed by atoms with Crippen LogP contribution in [-0.4, -0.2) is 41.3 Å². The summed E-state index contributed by atoms with van der Waals surface area (Å²) in [4.78, 5) is 28.2. The minimum Gasteiger partial charge on any atom is -0.378 e. The number of ether oxygens (including phenoxy) is 1. The van der Waals surface area contributed by atoms with Crippen LogP contribution in [-0.2, 0) is 14.3 Å². The van der Waals surface area contributed by atoms with E-state index < -0.39 is 11.4 Å². The standard InChI is InChI=1S/C16H19N3O3S2/c17-14(21)16(7-8-22-10-16)19-13(20)6-3-9-23-15-18-11-4-1-2-5-12(11)24-15/h1-2,4-5H,3,6-10H2,(H2,17,21)(H,19,20). The number of primary amides is 1. The molecule has 2 heterocycles. The van der Waals surface area contributed by atoms with Gasteiger partial charge in [-0.2, -0.15) is 0 Å². The molecule has 0 radical (unpaired) electrons. The normalized spacial score (nSPS) is 20.3. The first kappa shape index (κ1) is 17.2. The van der Waals surface area contributed by atoms with Gasteiger partial charge in [0, 0.05) is 25.2 Å². The highest BCUT2D eigenvalue weighted by Gasteiger charge is 2.41. The van der Waals surface area contributed by atoms with E-state index in [2.05, 4.69) is 16.4 Å². The zero-order valence-electron chi connectivity index (χ0n) is 13.1. The van der Waals surface area contributed by atoms with E-state index in [1.165, 1.54) is 4.70 Å². The van der Waals surface area contributed by atoms with Gasteiger partial charge in [-0.3, -0.25) is 9.59 Å². The summed E-state index contributed by atoms with van der Waals surface area (Å²) >= 11 is 3.31. The van der Waals surface area contributed by atoms with Gasteiger partial charge >= 0.3 is 0 Å². The van der Waals surface area contributed by atoms with Crippen LogP contribution in [0.4, 0.5) is 0 Å².